The van der Waals surface area contributed by atoms with E-state index < -0.39 is 12.3 Å². The van der Waals surface area contributed by atoms with Gasteiger partial charge in [-0.25, -0.2) is 0 Å². The molecular formula is C18H13Cl2F3O3. The average molecular weight is 405 g/mol. The van der Waals surface area contributed by atoms with Crippen LogP contribution in [0.15, 0.2) is 36.4 Å². The normalized spacial score (nSPS) is 16.0. The molecule has 1 atom stereocenters. The Labute approximate surface area is 157 Å². The minimum Gasteiger partial charge on any atom is -0.494 e. The topological polar surface area (TPSA) is 27.7 Å². The molecule has 0 amide bonds. The number of alkyl halides is 3. The molecule has 0 bridgehead atoms. The van der Waals surface area contributed by atoms with E-state index in [9.17, 15) is 13.2 Å². The van der Waals surface area contributed by atoms with Crippen molar-refractivity contribution in [3.8, 4) is 23.0 Å². The van der Waals surface area contributed by atoms with Crippen LogP contribution in [0.5, 0.6) is 23.0 Å². The van der Waals surface area contributed by atoms with E-state index in [0.717, 1.165) is 6.08 Å². The van der Waals surface area contributed by atoms with E-state index in [1.165, 1.54) is 12.1 Å². The highest BCUT2D eigenvalue weighted by Crippen LogP contribution is 2.47. The van der Waals surface area contributed by atoms with Gasteiger partial charge in [0.15, 0.2) is 5.75 Å². The third kappa shape index (κ3) is 3.86. The maximum atomic E-state index is 12.9. The number of hydrogen-bond donors (Lipinski definition) is 0. The molecule has 3 nitrogen and oxygen atoms in total. The summed E-state index contributed by atoms with van der Waals surface area (Å²) in [4.78, 5) is 0. The Morgan fingerprint density at radius 2 is 1.73 bits per heavy atom. The van der Waals surface area contributed by atoms with Gasteiger partial charge in [0.25, 0.3) is 0 Å². The van der Waals surface area contributed by atoms with Gasteiger partial charge >= 0.3 is 6.18 Å². The molecule has 2 aromatic rings. The molecule has 1 aliphatic rings. The van der Waals surface area contributed by atoms with E-state index in [2.05, 4.69) is 0 Å². The van der Waals surface area contributed by atoms with Crippen LogP contribution < -0.4 is 14.2 Å². The molecule has 8 heteroatoms. The molecule has 0 N–H and O–H groups in total. The van der Waals surface area contributed by atoms with Crippen molar-refractivity contribution in [2.75, 3.05) is 6.61 Å². The fourth-order valence-electron chi connectivity index (χ4n) is 2.39. The summed E-state index contributed by atoms with van der Waals surface area (Å²) < 4.78 is 54.8. The first-order valence-corrected chi connectivity index (χ1v) is 8.39. The number of halogens is 5. The predicted molar refractivity (Wildman–Crippen MR) is 93.7 cm³/mol. The Morgan fingerprint density at radius 1 is 1.08 bits per heavy atom. The highest BCUT2D eigenvalue weighted by Gasteiger charge is 2.42. The first-order valence-electron chi connectivity index (χ1n) is 7.64. The number of rotatable bonds is 4. The lowest BCUT2D eigenvalue weighted by atomic mass is 10.1. The third-order valence-corrected chi connectivity index (χ3v) is 4.10. The van der Waals surface area contributed by atoms with E-state index in [4.69, 9.17) is 37.4 Å². The van der Waals surface area contributed by atoms with Crippen molar-refractivity contribution in [2.24, 2.45) is 0 Å². The maximum absolute atomic E-state index is 12.9. The molecule has 0 spiro atoms. The number of ether oxygens (including phenoxy) is 3. The molecule has 0 fully saturated rings. The number of hydrogen-bond acceptors (Lipinski definition) is 3. The monoisotopic (exact) mass is 404 g/mol. The lowest BCUT2D eigenvalue weighted by Crippen LogP contribution is -2.34. The Kier molecular flexibility index (Phi) is 5.25. The summed E-state index contributed by atoms with van der Waals surface area (Å²) in [5.41, 5.74) is 0.247. The predicted octanol–water partition coefficient (Wildman–Crippen LogP) is 6.52. The zero-order valence-electron chi connectivity index (χ0n) is 13.4. The highest BCUT2D eigenvalue weighted by atomic mass is 35.5. The van der Waals surface area contributed by atoms with Gasteiger partial charge in [0.05, 0.1) is 22.2 Å². The van der Waals surface area contributed by atoms with Crippen LogP contribution in [0.2, 0.25) is 10.0 Å². The summed E-state index contributed by atoms with van der Waals surface area (Å²) in [6.45, 7) is 2.39. The summed E-state index contributed by atoms with van der Waals surface area (Å²) >= 11 is 12.2. The average Bonchev–Trinajstić information content (AvgIpc) is 2.59. The van der Waals surface area contributed by atoms with Gasteiger partial charge in [-0.3, -0.25) is 0 Å². The van der Waals surface area contributed by atoms with Gasteiger partial charge in [-0.05, 0) is 49.4 Å². The fourth-order valence-corrected chi connectivity index (χ4v) is 2.95. The van der Waals surface area contributed by atoms with E-state index in [1.807, 2.05) is 6.92 Å². The largest absolute Gasteiger partial charge is 0.494 e. The first kappa shape index (κ1) is 18.7. The second-order valence-corrected chi connectivity index (χ2v) is 6.17. The molecule has 0 saturated carbocycles. The molecule has 0 aliphatic carbocycles. The fraction of sp³-hybridized carbons (Fsp3) is 0.222. The number of fused-ring (bicyclic) bond motifs is 1. The minimum absolute atomic E-state index is 0.0253. The summed E-state index contributed by atoms with van der Waals surface area (Å²) in [5.74, 6) is 1.14. The zero-order chi connectivity index (χ0) is 18.9. The van der Waals surface area contributed by atoms with Gasteiger partial charge in [0.1, 0.15) is 17.2 Å². The van der Waals surface area contributed by atoms with Crippen LogP contribution in [0.1, 0.15) is 12.5 Å². The number of benzene rings is 2. The molecule has 3 rings (SSSR count). The van der Waals surface area contributed by atoms with Gasteiger partial charge in [0.2, 0.25) is 6.10 Å². The van der Waals surface area contributed by atoms with Crippen molar-refractivity contribution < 1.29 is 27.4 Å². The molecule has 0 radical (unpaired) electrons. The molecule has 1 unspecified atom stereocenters. The molecule has 1 aliphatic heterocycles. The quantitative estimate of drug-likeness (QED) is 0.580. The SMILES string of the molecule is CCOc1ccc(Oc2c(Cl)cc(Cl)c3c2C=CC(C(F)(F)F)O3)cc1. The van der Waals surface area contributed by atoms with Gasteiger partial charge < -0.3 is 14.2 Å². The van der Waals surface area contributed by atoms with Crippen molar-refractivity contribution in [1.82, 2.24) is 0 Å². The lowest BCUT2D eigenvalue weighted by molar-refractivity contribution is -0.180. The molecule has 0 saturated heterocycles. The van der Waals surface area contributed by atoms with Gasteiger partial charge in [-0.15, -0.1) is 0 Å². The van der Waals surface area contributed by atoms with Crippen molar-refractivity contribution in [1.29, 1.82) is 0 Å². The first-order chi connectivity index (χ1) is 12.3. The standard InChI is InChI=1S/C18H13Cl2F3O3/c1-2-24-10-3-5-11(6-4-10)25-16-12-7-8-15(18(21,22)23)26-17(12)14(20)9-13(16)19/h3-9,15H,2H2,1H3. The van der Waals surface area contributed by atoms with Crippen molar-refractivity contribution >= 4 is 29.3 Å². The molecular weight excluding hydrogens is 392 g/mol. The highest BCUT2D eigenvalue weighted by molar-refractivity contribution is 6.37. The van der Waals surface area contributed by atoms with Crippen LogP contribution in [-0.2, 0) is 0 Å². The molecule has 138 valence electrons. The Hall–Kier alpha value is -2.05. The summed E-state index contributed by atoms with van der Waals surface area (Å²) in [7, 11) is 0. The van der Waals surface area contributed by atoms with E-state index in [1.54, 1.807) is 24.3 Å². The van der Waals surface area contributed by atoms with Gasteiger partial charge in [0, 0.05) is 0 Å². The van der Waals surface area contributed by atoms with Crippen LogP contribution in [-0.4, -0.2) is 18.9 Å². The maximum Gasteiger partial charge on any atom is 0.429 e. The Morgan fingerprint density at radius 3 is 2.35 bits per heavy atom. The molecule has 0 aromatic heterocycles. The molecule has 2 aromatic carbocycles. The van der Waals surface area contributed by atoms with Crippen LogP contribution in [0, 0.1) is 0 Å². The van der Waals surface area contributed by atoms with E-state index in [0.29, 0.717) is 18.1 Å². The molecule has 1 heterocycles. The van der Waals surface area contributed by atoms with Crippen molar-refractivity contribution in [3.05, 3.63) is 52.0 Å². The van der Waals surface area contributed by atoms with Crippen LogP contribution >= 0.6 is 23.2 Å². The lowest BCUT2D eigenvalue weighted by Gasteiger charge is -2.26. The van der Waals surface area contributed by atoms with Crippen molar-refractivity contribution in [3.63, 3.8) is 0 Å². The van der Waals surface area contributed by atoms with Gasteiger partial charge in [-0.2, -0.15) is 13.2 Å². The van der Waals surface area contributed by atoms with Crippen LogP contribution in [0.4, 0.5) is 13.2 Å². The van der Waals surface area contributed by atoms with E-state index >= 15 is 0 Å². The van der Waals surface area contributed by atoms with Crippen molar-refractivity contribution in [2.45, 2.75) is 19.2 Å². The third-order valence-electron chi connectivity index (χ3n) is 3.54. The summed E-state index contributed by atoms with van der Waals surface area (Å²) in [6, 6.07) is 8.03. The zero-order valence-corrected chi connectivity index (χ0v) is 15.0. The second kappa shape index (κ2) is 7.29. The smallest absolute Gasteiger partial charge is 0.429 e. The van der Waals surface area contributed by atoms with Gasteiger partial charge in [-0.1, -0.05) is 23.2 Å². The minimum atomic E-state index is -4.55. The summed E-state index contributed by atoms with van der Waals surface area (Å²) in [5, 5.41) is 0.129. The Bertz CT molecular complexity index is 833. The summed E-state index contributed by atoms with van der Waals surface area (Å²) in [6.07, 6.45) is -4.49. The second-order valence-electron chi connectivity index (χ2n) is 5.36. The Balaban J connectivity index is 1.94. The van der Waals surface area contributed by atoms with Crippen LogP contribution in [0.3, 0.4) is 0 Å². The van der Waals surface area contributed by atoms with Crippen LogP contribution in [0.25, 0.3) is 6.08 Å². The molecule has 26 heavy (non-hydrogen) atoms. The van der Waals surface area contributed by atoms with E-state index in [-0.39, 0.29) is 27.1 Å².